The fraction of sp³-hybridized carbons (Fsp3) is 0.368. The van der Waals surface area contributed by atoms with Crippen molar-refractivity contribution in [1.29, 1.82) is 0 Å². The molecule has 3 heterocycles. The largest absolute Gasteiger partial charge is 0.332 e. The first-order valence-electron chi connectivity index (χ1n) is 9.48. The predicted molar refractivity (Wildman–Crippen MR) is 114 cm³/mol. The molecular formula is C19H22N8O2S. The van der Waals surface area contributed by atoms with Gasteiger partial charge in [0.1, 0.15) is 0 Å². The van der Waals surface area contributed by atoms with Crippen LogP contribution in [0.15, 0.2) is 39.3 Å². The van der Waals surface area contributed by atoms with Crippen molar-refractivity contribution in [3.63, 3.8) is 0 Å². The Kier molecular flexibility index (Phi) is 5.29. The van der Waals surface area contributed by atoms with Gasteiger partial charge in [0.25, 0.3) is 5.56 Å². The minimum atomic E-state index is -0.365. The summed E-state index contributed by atoms with van der Waals surface area (Å²) in [5.74, 6) is 0.657. The van der Waals surface area contributed by atoms with E-state index in [-0.39, 0.29) is 11.2 Å². The molecule has 0 saturated heterocycles. The Morgan fingerprint density at radius 1 is 1.10 bits per heavy atom. The van der Waals surface area contributed by atoms with Gasteiger partial charge in [0.15, 0.2) is 11.2 Å². The molecule has 0 saturated carbocycles. The second kappa shape index (κ2) is 7.90. The van der Waals surface area contributed by atoms with Crippen LogP contribution in [0.4, 0.5) is 0 Å². The minimum Gasteiger partial charge on any atom is -0.328 e. The summed E-state index contributed by atoms with van der Waals surface area (Å²) >= 11 is 1.49. The van der Waals surface area contributed by atoms with Gasteiger partial charge in [-0.1, -0.05) is 17.8 Å². The summed E-state index contributed by atoms with van der Waals surface area (Å²) in [6.45, 7) is 4.42. The second-order valence-corrected chi connectivity index (χ2v) is 8.23. The summed E-state index contributed by atoms with van der Waals surface area (Å²) < 4.78 is 6.01. The Balaban J connectivity index is 1.49. The van der Waals surface area contributed by atoms with E-state index in [0.29, 0.717) is 35.0 Å². The molecule has 4 rings (SSSR count). The first kappa shape index (κ1) is 20.1. The maximum Gasteiger partial charge on any atom is 0.332 e. The highest BCUT2D eigenvalue weighted by Crippen LogP contribution is 2.20. The molecule has 1 aromatic carbocycles. The molecular weight excluding hydrogens is 404 g/mol. The molecule has 0 bridgehead atoms. The van der Waals surface area contributed by atoms with Crippen molar-refractivity contribution in [3.8, 4) is 5.69 Å². The number of hydrogen-bond donors (Lipinski definition) is 0. The lowest BCUT2D eigenvalue weighted by atomic mass is 10.1. The molecule has 0 fully saturated rings. The van der Waals surface area contributed by atoms with Gasteiger partial charge in [-0.2, -0.15) is 4.68 Å². The molecule has 0 aliphatic carbocycles. The van der Waals surface area contributed by atoms with E-state index >= 15 is 0 Å². The van der Waals surface area contributed by atoms with Crippen molar-refractivity contribution < 1.29 is 0 Å². The molecule has 0 N–H and O–H groups in total. The van der Waals surface area contributed by atoms with Crippen LogP contribution in [0, 0.1) is 13.8 Å². The molecule has 0 amide bonds. The van der Waals surface area contributed by atoms with Gasteiger partial charge in [-0.05, 0) is 54.0 Å². The number of benzene rings is 1. The summed E-state index contributed by atoms with van der Waals surface area (Å²) in [5.41, 5.74) is 3.40. The molecule has 0 aliphatic heterocycles. The lowest BCUT2D eigenvalue weighted by Gasteiger charge is -2.09. The zero-order chi connectivity index (χ0) is 21.4. The topological polar surface area (TPSA) is 105 Å². The number of aromatic nitrogens is 8. The minimum absolute atomic E-state index is 0.310. The SMILES string of the molecule is Cc1ccc(-n2nnnc2SCCCn2c(=O)c3c(ncn3C)n(C)c2=O)cc1C. The average molecular weight is 427 g/mol. The number of aryl methyl sites for hydroxylation is 4. The third-order valence-corrected chi connectivity index (χ3v) is 6.14. The van der Waals surface area contributed by atoms with Gasteiger partial charge in [-0.15, -0.1) is 5.10 Å². The van der Waals surface area contributed by atoms with Crippen LogP contribution in [0.1, 0.15) is 17.5 Å². The Morgan fingerprint density at radius 3 is 2.67 bits per heavy atom. The summed E-state index contributed by atoms with van der Waals surface area (Å²) in [6, 6.07) is 6.06. The van der Waals surface area contributed by atoms with Crippen molar-refractivity contribution >= 4 is 22.9 Å². The molecule has 0 unspecified atom stereocenters. The zero-order valence-electron chi connectivity index (χ0n) is 17.2. The number of tetrazole rings is 1. The van der Waals surface area contributed by atoms with Gasteiger partial charge in [0.2, 0.25) is 5.16 Å². The van der Waals surface area contributed by atoms with Gasteiger partial charge < -0.3 is 4.57 Å². The van der Waals surface area contributed by atoms with Crippen LogP contribution in [0.2, 0.25) is 0 Å². The van der Waals surface area contributed by atoms with Crippen LogP contribution in [-0.2, 0) is 20.6 Å². The van der Waals surface area contributed by atoms with Crippen LogP contribution in [0.5, 0.6) is 0 Å². The Morgan fingerprint density at radius 2 is 1.90 bits per heavy atom. The Hall–Kier alpha value is -3.21. The number of fused-ring (bicyclic) bond motifs is 1. The third-order valence-electron chi connectivity index (χ3n) is 5.13. The van der Waals surface area contributed by atoms with E-state index in [1.807, 2.05) is 25.1 Å². The zero-order valence-corrected chi connectivity index (χ0v) is 18.0. The third kappa shape index (κ3) is 3.45. The second-order valence-electron chi connectivity index (χ2n) is 7.17. The van der Waals surface area contributed by atoms with E-state index in [9.17, 15) is 9.59 Å². The fourth-order valence-electron chi connectivity index (χ4n) is 3.27. The van der Waals surface area contributed by atoms with Crippen LogP contribution >= 0.6 is 11.8 Å². The number of rotatable bonds is 6. The Bertz CT molecular complexity index is 1350. The smallest absolute Gasteiger partial charge is 0.328 e. The summed E-state index contributed by atoms with van der Waals surface area (Å²) in [4.78, 5) is 29.5. The van der Waals surface area contributed by atoms with Crippen LogP contribution < -0.4 is 11.2 Å². The fourth-order valence-corrected chi connectivity index (χ4v) is 4.08. The number of imidazole rings is 1. The standard InChI is InChI=1S/C19H22N8O2S/c1-12-6-7-14(10-13(12)2)27-18(21-22-23-27)30-9-5-8-26-17(28)15-16(20-11-24(15)3)25(4)19(26)29/h6-7,10-11H,5,8-9H2,1-4H3. The van der Waals surface area contributed by atoms with Crippen molar-refractivity contribution in [2.24, 2.45) is 14.1 Å². The van der Waals surface area contributed by atoms with Crippen molar-refractivity contribution in [2.45, 2.75) is 32.0 Å². The molecule has 0 atom stereocenters. The van der Waals surface area contributed by atoms with Gasteiger partial charge >= 0.3 is 5.69 Å². The van der Waals surface area contributed by atoms with Crippen molar-refractivity contribution in [1.82, 2.24) is 38.9 Å². The Labute approximate surface area is 176 Å². The molecule has 156 valence electrons. The maximum absolute atomic E-state index is 12.8. The first-order valence-corrected chi connectivity index (χ1v) is 10.5. The molecule has 10 nitrogen and oxygen atoms in total. The number of thioether (sulfide) groups is 1. The van der Waals surface area contributed by atoms with E-state index in [1.165, 1.54) is 38.4 Å². The molecule has 4 aromatic rings. The van der Waals surface area contributed by atoms with Crippen LogP contribution in [-0.4, -0.2) is 44.6 Å². The van der Waals surface area contributed by atoms with Crippen molar-refractivity contribution in [3.05, 3.63) is 56.5 Å². The summed E-state index contributed by atoms with van der Waals surface area (Å²) in [7, 11) is 3.37. The van der Waals surface area contributed by atoms with E-state index in [1.54, 1.807) is 23.3 Å². The summed E-state index contributed by atoms with van der Waals surface area (Å²) in [5, 5.41) is 12.6. The van der Waals surface area contributed by atoms with E-state index in [0.717, 1.165) is 5.69 Å². The van der Waals surface area contributed by atoms with Crippen LogP contribution in [0.3, 0.4) is 0 Å². The lowest BCUT2D eigenvalue weighted by Crippen LogP contribution is -2.39. The molecule has 0 radical (unpaired) electrons. The number of hydrogen-bond acceptors (Lipinski definition) is 7. The van der Waals surface area contributed by atoms with Crippen LogP contribution in [0.25, 0.3) is 16.9 Å². The highest BCUT2D eigenvalue weighted by molar-refractivity contribution is 7.99. The normalized spacial score (nSPS) is 11.5. The van der Waals surface area contributed by atoms with Crippen molar-refractivity contribution in [2.75, 3.05) is 5.75 Å². The van der Waals surface area contributed by atoms with Gasteiger partial charge in [-0.3, -0.25) is 13.9 Å². The van der Waals surface area contributed by atoms with E-state index < -0.39 is 0 Å². The van der Waals surface area contributed by atoms with Gasteiger partial charge in [0.05, 0.1) is 12.0 Å². The molecule has 11 heteroatoms. The van der Waals surface area contributed by atoms with E-state index in [2.05, 4.69) is 27.4 Å². The van der Waals surface area contributed by atoms with Gasteiger partial charge in [0, 0.05) is 26.4 Å². The highest BCUT2D eigenvalue weighted by atomic mass is 32.2. The lowest BCUT2D eigenvalue weighted by molar-refractivity contribution is 0.594. The molecule has 0 spiro atoms. The molecule has 3 aromatic heterocycles. The maximum atomic E-state index is 12.8. The summed E-state index contributed by atoms with van der Waals surface area (Å²) in [6.07, 6.45) is 2.15. The highest BCUT2D eigenvalue weighted by Gasteiger charge is 2.15. The predicted octanol–water partition coefficient (Wildman–Crippen LogP) is 1.21. The number of nitrogens with zero attached hydrogens (tertiary/aromatic N) is 8. The first-order chi connectivity index (χ1) is 14.4. The van der Waals surface area contributed by atoms with E-state index in [4.69, 9.17) is 0 Å². The van der Waals surface area contributed by atoms with Gasteiger partial charge in [-0.25, -0.2) is 9.78 Å². The molecule has 0 aliphatic rings. The monoisotopic (exact) mass is 426 g/mol. The average Bonchev–Trinajstić information content (AvgIpc) is 3.34. The molecule has 30 heavy (non-hydrogen) atoms. The quantitative estimate of drug-likeness (QED) is 0.337.